The van der Waals surface area contributed by atoms with Crippen LogP contribution in [0.4, 0.5) is 0 Å². The van der Waals surface area contributed by atoms with Gasteiger partial charge in [0.1, 0.15) is 6.10 Å². The predicted octanol–water partition coefficient (Wildman–Crippen LogP) is 1.74. The third-order valence-electron chi connectivity index (χ3n) is 1.98. The van der Waals surface area contributed by atoms with Gasteiger partial charge in [-0.2, -0.15) is 0 Å². The molecule has 1 aliphatic carbocycles. The molecular weight excluding hydrogens is 128 g/mol. The first-order valence-electron chi connectivity index (χ1n) is 3.85. The van der Waals surface area contributed by atoms with E-state index in [-0.39, 0.29) is 12.1 Å². The molecule has 58 valence electrons. The van der Waals surface area contributed by atoms with Crippen molar-refractivity contribution in [3.8, 4) is 0 Å². The Bertz CT molecular complexity index is 131. The number of hydrogen-bond acceptors (Lipinski definition) is 2. The van der Waals surface area contributed by atoms with E-state index in [1.54, 1.807) is 0 Å². The van der Waals surface area contributed by atoms with Crippen molar-refractivity contribution in [3.05, 3.63) is 0 Å². The molecule has 0 bridgehead atoms. The average Bonchev–Trinajstić information content (AvgIpc) is 2.13. The summed E-state index contributed by atoms with van der Waals surface area (Å²) >= 11 is 0. The topological polar surface area (TPSA) is 26.3 Å². The van der Waals surface area contributed by atoms with Gasteiger partial charge in [-0.25, -0.2) is 0 Å². The van der Waals surface area contributed by atoms with Gasteiger partial charge in [-0.05, 0) is 25.2 Å². The molecule has 0 N–H and O–H groups in total. The van der Waals surface area contributed by atoms with Crippen molar-refractivity contribution in [2.45, 2.75) is 39.2 Å². The molecule has 0 spiro atoms. The van der Waals surface area contributed by atoms with Gasteiger partial charge >= 0.3 is 5.97 Å². The van der Waals surface area contributed by atoms with Gasteiger partial charge in [-0.15, -0.1) is 0 Å². The number of carbonyl (C=O) groups excluding carboxylic acids is 1. The Hall–Kier alpha value is -0.530. The van der Waals surface area contributed by atoms with Crippen LogP contribution in [0.1, 0.15) is 33.1 Å². The summed E-state index contributed by atoms with van der Waals surface area (Å²) in [4.78, 5) is 10.5. The van der Waals surface area contributed by atoms with Gasteiger partial charge in [0.2, 0.25) is 0 Å². The normalized spacial score (nSPS) is 32.2. The molecule has 0 radical (unpaired) electrons. The SMILES string of the molecule is CC(=O)O[C@H]1CC[C@@H](C)C1. The Morgan fingerprint density at radius 2 is 2.20 bits per heavy atom. The lowest BCUT2D eigenvalue weighted by molar-refractivity contribution is -0.146. The van der Waals surface area contributed by atoms with Crippen molar-refractivity contribution >= 4 is 5.97 Å². The Kier molecular flexibility index (Phi) is 2.30. The van der Waals surface area contributed by atoms with Crippen molar-refractivity contribution in [3.63, 3.8) is 0 Å². The molecule has 10 heavy (non-hydrogen) atoms. The molecule has 0 aromatic rings. The van der Waals surface area contributed by atoms with Crippen LogP contribution in [0.3, 0.4) is 0 Å². The molecule has 1 saturated carbocycles. The summed E-state index contributed by atoms with van der Waals surface area (Å²) in [7, 11) is 0. The Morgan fingerprint density at radius 1 is 1.50 bits per heavy atom. The van der Waals surface area contributed by atoms with Crippen LogP contribution in [-0.4, -0.2) is 12.1 Å². The summed E-state index contributed by atoms with van der Waals surface area (Å²) in [6.45, 7) is 3.67. The maximum absolute atomic E-state index is 10.5. The highest BCUT2D eigenvalue weighted by molar-refractivity contribution is 5.66. The molecule has 0 unspecified atom stereocenters. The molecule has 0 aromatic heterocycles. The van der Waals surface area contributed by atoms with E-state index in [1.165, 1.54) is 13.3 Å². The average molecular weight is 142 g/mol. The molecule has 0 saturated heterocycles. The van der Waals surface area contributed by atoms with Gasteiger partial charge in [0.25, 0.3) is 0 Å². The van der Waals surface area contributed by atoms with Crippen LogP contribution in [-0.2, 0) is 9.53 Å². The Labute approximate surface area is 61.6 Å². The molecule has 0 aromatic carbocycles. The van der Waals surface area contributed by atoms with Crippen LogP contribution in [0.2, 0.25) is 0 Å². The van der Waals surface area contributed by atoms with Crippen LogP contribution < -0.4 is 0 Å². The Balaban J connectivity index is 2.24. The van der Waals surface area contributed by atoms with Gasteiger partial charge in [0.05, 0.1) is 0 Å². The lowest BCUT2D eigenvalue weighted by Gasteiger charge is -2.08. The third kappa shape index (κ3) is 2.01. The maximum Gasteiger partial charge on any atom is 0.302 e. The molecule has 0 heterocycles. The zero-order chi connectivity index (χ0) is 7.56. The molecule has 1 rings (SSSR count). The minimum atomic E-state index is -0.140. The number of rotatable bonds is 1. The molecule has 1 aliphatic rings. The number of esters is 1. The lowest BCUT2D eigenvalue weighted by atomic mass is 10.1. The monoisotopic (exact) mass is 142 g/mol. The van der Waals surface area contributed by atoms with Crippen LogP contribution in [0.15, 0.2) is 0 Å². The van der Waals surface area contributed by atoms with E-state index in [2.05, 4.69) is 6.92 Å². The first-order chi connectivity index (χ1) is 4.68. The molecule has 0 amide bonds. The maximum atomic E-state index is 10.5. The van der Waals surface area contributed by atoms with Gasteiger partial charge < -0.3 is 4.74 Å². The fourth-order valence-electron chi connectivity index (χ4n) is 1.50. The largest absolute Gasteiger partial charge is 0.463 e. The summed E-state index contributed by atoms with van der Waals surface area (Å²) in [5.74, 6) is 0.600. The van der Waals surface area contributed by atoms with E-state index < -0.39 is 0 Å². The summed E-state index contributed by atoms with van der Waals surface area (Å²) < 4.78 is 5.04. The second-order valence-electron chi connectivity index (χ2n) is 3.15. The molecule has 0 aliphatic heterocycles. The second kappa shape index (κ2) is 3.04. The highest BCUT2D eigenvalue weighted by Crippen LogP contribution is 2.26. The van der Waals surface area contributed by atoms with E-state index in [0.29, 0.717) is 0 Å². The van der Waals surface area contributed by atoms with Crippen LogP contribution in [0.5, 0.6) is 0 Å². The molecule has 2 nitrogen and oxygen atoms in total. The van der Waals surface area contributed by atoms with Gasteiger partial charge in [0.15, 0.2) is 0 Å². The molecule has 1 fully saturated rings. The summed E-state index contributed by atoms with van der Waals surface area (Å²) in [5.41, 5.74) is 0. The minimum Gasteiger partial charge on any atom is -0.463 e. The van der Waals surface area contributed by atoms with Crippen LogP contribution >= 0.6 is 0 Å². The fourth-order valence-corrected chi connectivity index (χ4v) is 1.50. The van der Waals surface area contributed by atoms with Crippen molar-refractivity contribution in [2.24, 2.45) is 5.92 Å². The van der Waals surface area contributed by atoms with Crippen molar-refractivity contribution in [2.75, 3.05) is 0 Å². The summed E-state index contributed by atoms with van der Waals surface area (Å²) in [6.07, 6.45) is 3.53. The zero-order valence-corrected chi connectivity index (χ0v) is 6.59. The quantitative estimate of drug-likeness (QED) is 0.521. The molecule has 2 heteroatoms. The molecule has 2 atom stereocenters. The van der Waals surface area contributed by atoms with Crippen molar-refractivity contribution in [1.29, 1.82) is 0 Å². The summed E-state index contributed by atoms with van der Waals surface area (Å²) in [5, 5.41) is 0. The highest BCUT2D eigenvalue weighted by atomic mass is 16.5. The number of carbonyl (C=O) groups is 1. The first-order valence-corrected chi connectivity index (χ1v) is 3.85. The predicted molar refractivity (Wildman–Crippen MR) is 38.6 cm³/mol. The van der Waals surface area contributed by atoms with E-state index >= 15 is 0 Å². The molecular formula is C8H14O2. The van der Waals surface area contributed by atoms with Crippen molar-refractivity contribution < 1.29 is 9.53 Å². The minimum absolute atomic E-state index is 0.140. The standard InChI is InChI=1S/C8H14O2/c1-6-3-4-8(5-6)10-7(2)9/h6,8H,3-5H2,1-2H3/t6-,8+/m1/s1. The van der Waals surface area contributed by atoms with Crippen molar-refractivity contribution in [1.82, 2.24) is 0 Å². The first kappa shape index (κ1) is 7.58. The smallest absolute Gasteiger partial charge is 0.302 e. The van der Waals surface area contributed by atoms with E-state index in [1.807, 2.05) is 0 Å². The van der Waals surface area contributed by atoms with E-state index in [0.717, 1.165) is 18.8 Å². The van der Waals surface area contributed by atoms with Gasteiger partial charge in [0, 0.05) is 6.92 Å². The zero-order valence-electron chi connectivity index (χ0n) is 6.59. The second-order valence-corrected chi connectivity index (χ2v) is 3.15. The number of hydrogen-bond donors (Lipinski definition) is 0. The highest BCUT2D eigenvalue weighted by Gasteiger charge is 2.22. The van der Waals surface area contributed by atoms with E-state index in [9.17, 15) is 4.79 Å². The number of ether oxygens (including phenoxy) is 1. The summed E-state index contributed by atoms with van der Waals surface area (Å²) in [6, 6.07) is 0. The lowest BCUT2D eigenvalue weighted by Crippen LogP contribution is -2.11. The van der Waals surface area contributed by atoms with Crippen LogP contribution in [0, 0.1) is 5.92 Å². The van der Waals surface area contributed by atoms with E-state index in [4.69, 9.17) is 4.74 Å². The van der Waals surface area contributed by atoms with Gasteiger partial charge in [-0.3, -0.25) is 4.79 Å². The Morgan fingerprint density at radius 3 is 2.60 bits per heavy atom. The fraction of sp³-hybridized carbons (Fsp3) is 0.875. The van der Waals surface area contributed by atoms with Crippen LogP contribution in [0.25, 0.3) is 0 Å². The third-order valence-corrected chi connectivity index (χ3v) is 1.98. The van der Waals surface area contributed by atoms with Gasteiger partial charge in [-0.1, -0.05) is 6.92 Å².